The Morgan fingerprint density at radius 2 is 1.11 bits per heavy atom. The number of nitrogens with zero attached hydrogens (tertiary/aromatic N) is 2. The number of anilines is 3. The first-order chi connectivity index (χ1) is 22.3. The van der Waals surface area contributed by atoms with Gasteiger partial charge in [-0.3, -0.25) is 0 Å². The fraction of sp³-hybridized carbons (Fsp3) is 0. The minimum absolute atomic E-state index is 0.616. The lowest BCUT2D eigenvalue weighted by molar-refractivity contribution is 0.623. The van der Waals surface area contributed by atoms with E-state index >= 15 is 0 Å². The zero-order valence-electron chi connectivity index (χ0n) is 24.2. The van der Waals surface area contributed by atoms with E-state index in [4.69, 9.17) is 13.8 Å². The average Bonchev–Trinajstić information content (AvgIpc) is 3.72. The van der Waals surface area contributed by atoms with E-state index in [2.05, 4.69) is 120 Å². The molecule has 212 valence electrons. The van der Waals surface area contributed by atoms with Crippen molar-refractivity contribution < 1.29 is 8.83 Å². The molecule has 0 spiro atoms. The minimum atomic E-state index is 0.616. The van der Waals surface area contributed by atoms with Gasteiger partial charge < -0.3 is 13.7 Å². The molecule has 0 saturated heterocycles. The van der Waals surface area contributed by atoms with Crippen LogP contribution in [-0.4, -0.2) is 4.98 Å². The second-order valence-corrected chi connectivity index (χ2v) is 11.2. The Kier molecular flexibility index (Phi) is 5.78. The molecule has 0 radical (unpaired) electrons. The Hall–Kier alpha value is -6.13. The molecular weight excluding hydrogens is 552 g/mol. The van der Waals surface area contributed by atoms with Crippen LogP contribution < -0.4 is 4.90 Å². The lowest BCUT2D eigenvalue weighted by Crippen LogP contribution is -2.11. The first kappa shape index (κ1) is 25.4. The van der Waals surface area contributed by atoms with E-state index in [1.165, 1.54) is 0 Å². The van der Waals surface area contributed by atoms with Crippen LogP contribution in [0.4, 0.5) is 17.1 Å². The van der Waals surface area contributed by atoms with Crippen molar-refractivity contribution in [2.75, 3.05) is 4.90 Å². The second-order valence-electron chi connectivity index (χ2n) is 11.2. The molecule has 9 rings (SSSR count). The molecule has 9 aromatic rings. The highest BCUT2D eigenvalue weighted by atomic mass is 16.3. The number of oxazole rings is 1. The van der Waals surface area contributed by atoms with Gasteiger partial charge in [0.2, 0.25) is 5.89 Å². The maximum Gasteiger partial charge on any atom is 0.227 e. The predicted molar refractivity (Wildman–Crippen MR) is 184 cm³/mol. The summed E-state index contributed by atoms with van der Waals surface area (Å²) in [7, 11) is 0. The van der Waals surface area contributed by atoms with Crippen LogP contribution in [0.15, 0.2) is 167 Å². The lowest BCUT2D eigenvalue weighted by Gasteiger charge is -2.29. The van der Waals surface area contributed by atoms with Crippen molar-refractivity contribution in [3.05, 3.63) is 158 Å². The summed E-state index contributed by atoms with van der Waals surface area (Å²) in [5, 5.41) is 4.28. The molecule has 4 heteroatoms. The summed E-state index contributed by atoms with van der Waals surface area (Å²) in [4.78, 5) is 7.17. The number of para-hydroxylation sites is 2. The predicted octanol–water partition coefficient (Wildman–Crippen LogP) is 11.7. The molecule has 0 bridgehead atoms. The van der Waals surface area contributed by atoms with Crippen LogP contribution in [0.1, 0.15) is 0 Å². The molecule has 2 aromatic heterocycles. The fourth-order valence-electron chi connectivity index (χ4n) is 6.42. The highest BCUT2D eigenvalue weighted by Gasteiger charge is 2.22. The quantitative estimate of drug-likeness (QED) is 0.204. The third-order valence-corrected chi connectivity index (χ3v) is 8.50. The molecule has 0 amide bonds. The maximum atomic E-state index is 6.45. The SMILES string of the molecule is c1ccc(-c2nc3ccc4c(N(c5ccc6c(c5)oc5ccccc56)c5ccccc5-c5ccccc5)cccc4c3o2)cc1. The normalized spacial score (nSPS) is 11.6. The van der Waals surface area contributed by atoms with Crippen molar-refractivity contribution >= 4 is 60.9 Å². The summed E-state index contributed by atoms with van der Waals surface area (Å²) >= 11 is 0. The van der Waals surface area contributed by atoms with Gasteiger partial charge in [-0.2, -0.15) is 0 Å². The van der Waals surface area contributed by atoms with Gasteiger partial charge in [0.05, 0.1) is 11.4 Å². The zero-order valence-corrected chi connectivity index (χ0v) is 24.2. The van der Waals surface area contributed by atoms with Gasteiger partial charge in [0.15, 0.2) is 5.58 Å². The van der Waals surface area contributed by atoms with Gasteiger partial charge in [0.25, 0.3) is 0 Å². The number of hydrogen-bond donors (Lipinski definition) is 0. The molecule has 0 saturated carbocycles. The van der Waals surface area contributed by atoms with Crippen LogP contribution in [0.25, 0.3) is 66.4 Å². The molecule has 0 atom stereocenters. The molecule has 0 N–H and O–H groups in total. The summed E-state index contributed by atoms with van der Waals surface area (Å²) in [5.41, 5.74) is 9.67. The highest BCUT2D eigenvalue weighted by molar-refractivity contribution is 6.11. The molecule has 45 heavy (non-hydrogen) atoms. The Bertz CT molecular complexity index is 2490. The Morgan fingerprint density at radius 1 is 0.444 bits per heavy atom. The molecule has 0 aliphatic carbocycles. The van der Waals surface area contributed by atoms with E-state index in [1.807, 2.05) is 42.5 Å². The van der Waals surface area contributed by atoms with Crippen LogP contribution in [0, 0.1) is 0 Å². The van der Waals surface area contributed by atoms with Crippen LogP contribution in [0.5, 0.6) is 0 Å². The number of fused-ring (bicyclic) bond motifs is 6. The van der Waals surface area contributed by atoms with E-state index in [0.717, 1.165) is 77.6 Å². The molecule has 4 nitrogen and oxygen atoms in total. The van der Waals surface area contributed by atoms with E-state index in [1.54, 1.807) is 0 Å². The van der Waals surface area contributed by atoms with Crippen molar-refractivity contribution in [1.29, 1.82) is 0 Å². The van der Waals surface area contributed by atoms with Crippen LogP contribution in [-0.2, 0) is 0 Å². The van der Waals surface area contributed by atoms with Crippen molar-refractivity contribution in [2.45, 2.75) is 0 Å². The molecule has 0 aliphatic heterocycles. The van der Waals surface area contributed by atoms with Gasteiger partial charge in [-0.25, -0.2) is 4.98 Å². The van der Waals surface area contributed by atoms with Crippen molar-refractivity contribution in [3.63, 3.8) is 0 Å². The first-order valence-electron chi connectivity index (χ1n) is 15.1. The van der Waals surface area contributed by atoms with Gasteiger partial charge in [-0.15, -0.1) is 0 Å². The molecule has 0 unspecified atom stereocenters. The highest BCUT2D eigenvalue weighted by Crippen LogP contribution is 2.45. The number of rotatable bonds is 5. The van der Waals surface area contributed by atoms with Gasteiger partial charge in [0.1, 0.15) is 16.7 Å². The molecule has 0 fully saturated rings. The fourth-order valence-corrected chi connectivity index (χ4v) is 6.42. The average molecular weight is 579 g/mol. The summed E-state index contributed by atoms with van der Waals surface area (Å²) in [6.45, 7) is 0. The summed E-state index contributed by atoms with van der Waals surface area (Å²) in [5.74, 6) is 0.616. The van der Waals surface area contributed by atoms with Gasteiger partial charge in [-0.1, -0.05) is 97.1 Å². The van der Waals surface area contributed by atoms with E-state index in [0.29, 0.717) is 5.89 Å². The van der Waals surface area contributed by atoms with Gasteiger partial charge in [0, 0.05) is 44.4 Å². The van der Waals surface area contributed by atoms with Crippen molar-refractivity contribution in [3.8, 4) is 22.6 Å². The Morgan fingerprint density at radius 3 is 1.98 bits per heavy atom. The minimum Gasteiger partial charge on any atom is -0.456 e. The number of furan rings is 1. The Labute approximate surface area is 259 Å². The first-order valence-corrected chi connectivity index (χ1v) is 15.1. The third kappa shape index (κ3) is 4.19. The van der Waals surface area contributed by atoms with Crippen LogP contribution in [0.3, 0.4) is 0 Å². The van der Waals surface area contributed by atoms with Crippen LogP contribution in [0.2, 0.25) is 0 Å². The van der Waals surface area contributed by atoms with E-state index in [-0.39, 0.29) is 0 Å². The van der Waals surface area contributed by atoms with Crippen molar-refractivity contribution in [2.24, 2.45) is 0 Å². The number of aromatic nitrogens is 1. The monoisotopic (exact) mass is 578 g/mol. The number of hydrogen-bond acceptors (Lipinski definition) is 4. The summed E-state index contributed by atoms with van der Waals surface area (Å²) < 4.78 is 12.8. The maximum absolute atomic E-state index is 6.45. The number of benzene rings is 7. The molecule has 2 heterocycles. The van der Waals surface area contributed by atoms with Gasteiger partial charge in [-0.05, 0) is 60.2 Å². The molecule has 0 aliphatic rings. The van der Waals surface area contributed by atoms with E-state index in [9.17, 15) is 0 Å². The standard InChI is InChI=1S/C41H26N2O2/c1-3-12-27(13-4-1)30-16-7-9-19-36(30)43(29-22-23-33-32-17-8-10-21-38(32)44-39(33)26-29)37-20-11-18-34-31(37)24-25-35-40(34)45-41(42-35)28-14-5-2-6-15-28/h1-26H. The molecule has 7 aromatic carbocycles. The van der Waals surface area contributed by atoms with Crippen molar-refractivity contribution in [1.82, 2.24) is 4.98 Å². The third-order valence-electron chi connectivity index (χ3n) is 8.50. The summed E-state index contributed by atoms with van der Waals surface area (Å²) in [6.07, 6.45) is 0. The smallest absolute Gasteiger partial charge is 0.227 e. The largest absolute Gasteiger partial charge is 0.456 e. The Balaban J connectivity index is 1.31. The lowest BCUT2D eigenvalue weighted by atomic mass is 10.00. The van der Waals surface area contributed by atoms with E-state index < -0.39 is 0 Å². The summed E-state index contributed by atoms with van der Waals surface area (Å²) in [6, 6.07) is 54.4. The van der Waals surface area contributed by atoms with Gasteiger partial charge >= 0.3 is 0 Å². The van der Waals surface area contributed by atoms with Crippen LogP contribution >= 0.6 is 0 Å². The molecular formula is C41H26N2O2. The second kappa shape index (κ2) is 10.2. The zero-order chi connectivity index (χ0) is 29.7. The topological polar surface area (TPSA) is 42.4 Å².